The fourth-order valence-corrected chi connectivity index (χ4v) is 2.43. The molecule has 0 N–H and O–H groups in total. The molecule has 2 rings (SSSR count). The smallest absolute Gasteiger partial charge is 0.437 e. The molecule has 1 heterocycles. The Labute approximate surface area is 133 Å². The zero-order chi connectivity index (χ0) is 17.0. The highest BCUT2D eigenvalue weighted by atomic mass is 19.4. The molecule has 0 amide bonds. The number of nitrogens with zero attached hydrogens (tertiary/aromatic N) is 2. The number of benzene rings is 1. The van der Waals surface area contributed by atoms with E-state index in [1.807, 2.05) is 25.9 Å². The molecule has 1 aromatic carbocycles. The van der Waals surface area contributed by atoms with Crippen molar-refractivity contribution >= 4 is 11.0 Å². The first-order valence-electron chi connectivity index (χ1n) is 7.60. The van der Waals surface area contributed by atoms with E-state index in [0.29, 0.717) is 24.3 Å². The molecule has 0 fully saturated rings. The minimum atomic E-state index is -4.52. The van der Waals surface area contributed by atoms with E-state index in [9.17, 15) is 13.2 Å². The van der Waals surface area contributed by atoms with Crippen molar-refractivity contribution in [1.29, 1.82) is 0 Å². The summed E-state index contributed by atoms with van der Waals surface area (Å²) in [4.78, 5) is 2.05. The third-order valence-corrected chi connectivity index (χ3v) is 3.48. The molecule has 7 heteroatoms. The number of rotatable bonds is 7. The summed E-state index contributed by atoms with van der Waals surface area (Å²) in [6, 6.07) is 2.95. The Bertz CT molecular complexity index is 651. The lowest BCUT2D eigenvalue weighted by molar-refractivity contribution is -0.141. The Morgan fingerprint density at radius 1 is 1.26 bits per heavy atom. The van der Waals surface area contributed by atoms with E-state index in [1.54, 1.807) is 6.07 Å². The van der Waals surface area contributed by atoms with Gasteiger partial charge in [0.1, 0.15) is 5.75 Å². The van der Waals surface area contributed by atoms with Crippen LogP contribution >= 0.6 is 0 Å². The van der Waals surface area contributed by atoms with E-state index in [-0.39, 0.29) is 11.0 Å². The van der Waals surface area contributed by atoms with Gasteiger partial charge in [0.15, 0.2) is 11.3 Å². The van der Waals surface area contributed by atoms with Gasteiger partial charge in [-0.25, -0.2) is 0 Å². The summed E-state index contributed by atoms with van der Waals surface area (Å²) in [6.07, 6.45) is -2.34. The van der Waals surface area contributed by atoms with Gasteiger partial charge in [0.2, 0.25) is 0 Å². The van der Waals surface area contributed by atoms with Crippen LogP contribution in [0.2, 0.25) is 0 Å². The number of halogens is 3. The molecule has 0 radical (unpaired) electrons. The monoisotopic (exact) mass is 330 g/mol. The number of aromatic nitrogens is 1. The van der Waals surface area contributed by atoms with Gasteiger partial charge in [0, 0.05) is 12.1 Å². The highest BCUT2D eigenvalue weighted by Gasteiger charge is 2.37. The Morgan fingerprint density at radius 2 is 2.00 bits per heavy atom. The molecule has 0 aliphatic heterocycles. The number of hydrogen-bond acceptors (Lipinski definition) is 4. The highest BCUT2D eigenvalue weighted by Crippen LogP contribution is 2.38. The third-order valence-electron chi connectivity index (χ3n) is 3.48. The van der Waals surface area contributed by atoms with Gasteiger partial charge in [-0.15, -0.1) is 0 Å². The van der Waals surface area contributed by atoms with Crippen LogP contribution < -0.4 is 4.74 Å². The molecular weight excluding hydrogens is 309 g/mol. The molecule has 0 saturated carbocycles. The molecule has 0 bridgehead atoms. The highest BCUT2D eigenvalue weighted by molar-refractivity contribution is 5.85. The second-order valence-corrected chi connectivity index (χ2v) is 5.70. The van der Waals surface area contributed by atoms with E-state index < -0.39 is 11.9 Å². The number of alkyl halides is 3. The topological polar surface area (TPSA) is 38.5 Å². The van der Waals surface area contributed by atoms with Crippen molar-refractivity contribution in [2.24, 2.45) is 0 Å². The number of fused-ring (bicyclic) bond motifs is 1. The summed E-state index contributed by atoms with van der Waals surface area (Å²) < 4.78 is 49.5. The second kappa shape index (κ2) is 7.21. The molecule has 1 aromatic heterocycles. The molecule has 0 spiro atoms. The maximum absolute atomic E-state index is 12.9. The van der Waals surface area contributed by atoms with Crippen molar-refractivity contribution in [3.63, 3.8) is 0 Å². The van der Waals surface area contributed by atoms with Crippen LogP contribution in [-0.4, -0.2) is 37.3 Å². The summed E-state index contributed by atoms with van der Waals surface area (Å²) in [5.74, 6) is 0.572. The Morgan fingerprint density at radius 3 is 2.61 bits per heavy atom. The minimum Gasteiger partial charge on any atom is -0.493 e. The molecule has 4 nitrogen and oxygen atoms in total. The van der Waals surface area contributed by atoms with E-state index in [4.69, 9.17) is 9.26 Å². The van der Waals surface area contributed by atoms with Gasteiger partial charge in [-0.1, -0.05) is 18.5 Å². The largest absolute Gasteiger partial charge is 0.493 e. The van der Waals surface area contributed by atoms with Crippen molar-refractivity contribution in [2.45, 2.75) is 32.4 Å². The van der Waals surface area contributed by atoms with Gasteiger partial charge in [0.05, 0.1) is 12.0 Å². The zero-order valence-corrected chi connectivity index (χ0v) is 13.5. The predicted molar refractivity (Wildman–Crippen MR) is 81.7 cm³/mol. The number of hydrogen-bond donors (Lipinski definition) is 0. The minimum absolute atomic E-state index is 0.0124. The molecule has 0 aliphatic rings. The van der Waals surface area contributed by atoms with Crippen molar-refractivity contribution in [2.75, 3.05) is 27.2 Å². The molecule has 23 heavy (non-hydrogen) atoms. The standard InChI is InChI=1S/C16H21F3N2O2/c1-4-6-11-13(22-10-5-9-21(2)3)8-7-12-14(11)23-20-15(12)16(17,18)19/h7-8H,4-6,9-10H2,1-3H3. The Hall–Kier alpha value is -1.76. The fraction of sp³-hybridized carbons (Fsp3) is 0.562. The van der Waals surface area contributed by atoms with Gasteiger partial charge in [-0.3, -0.25) is 0 Å². The average molecular weight is 330 g/mol. The fourth-order valence-electron chi connectivity index (χ4n) is 2.43. The Kier molecular flexibility index (Phi) is 5.51. The van der Waals surface area contributed by atoms with Gasteiger partial charge >= 0.3 is 6.18 Å². The van der Waals surface area contributed by atoms with Crippen LogP contribution in [0, 0.1) is 0 Å². The van der Waals surface area contributed by atoms with Crippen molar-refractivity contribution in [3.8, 4) is 5.75 Å². The normalized spacial score (nSPS) is 12.3. The number of ether oxygens (including phenoxy) is 1. The summed E-state index contributed by atoms with van der Waals surface area (Å²) in [7, 11) is 3.95. The SMILES string of the molecule is CCCc1c(OCCCN(C)C)ccc2c(C(F)(F)F)noc12. The average Bonchev–Trinajstić information content (AvgIpc) is 2.89. The van der Waals surface area contributed by atoms with Crippen molar-refractivity contribution in [3.05, 3.63) is 23.4 Å². The lowest BCUT2D eigenvalue weighted by Gasteiger charge is -2.13. The van der Waals surface area contributed by atoms with Crippen molar-refractivity contribution in [1.82, 2.24) is 10.1 Å². The van der Waals surface area contributed by atoms with E-state index in [2.05, 4.69) is 5.16 Å². The van der Waals surface area contributed by atoms with Crippen LogP contribution in [0.15, 0.2) is 16.7 Å². The molecule has 2 aromatic rings. The first-order valence-corrected chi connectivity index (χ1v) is 7.60. The second-order valence-electron chi connectivity index (χ2n) is 5.70. The molecule has 128 valence electrons. The van der Waals surface area contributed by atoms with Crippen LogP contribution in [0.5, 0.6) is 5.75 Å². The summed E-state index contributed by atoms with van der Waals surface area (Å²) in [5.41, 5.74) is -0.161. The number of aryl methyl sites for hydroxylation is 1. The van der Waals surface area contributed by atoms with Crippen LogP contribution in [-0.2, 0) is 12.6 Å². The summed E-state index contributed by atoms with van der Waals surface area (Å²) >= 11 is 0. The molecule has 0 atom stereocenters. The van der Waals surface area contributed by atoms with E-state index >= 15 is 0 Å². The van der Waals surface area contributed by atoms with Crippen LogP contribution in [0.4, 0.5) is 13.2 Å². The van der Waals surface area contributed by atoms with Crippen LogP contribution in [0.25, 0.3) is 11.0 Å². The van der Waals surface area contributed by atoms with Crippen LogP contribution in [0.1, 0.15) is 31.0 Å². The summed E-state index contributed by atoms with van der Waals surface area (Å²) in [6.45, 7) is 3.34. The van der Waals surface area contributed by atoms with Gasteiger partial charge in [-0.2, -0.15) is 13.2 Å². The lowest BCUT2D eigenvalue weighted by atomic mass is 10.0. The van der Waals surface area contributed by atoms with E-state index in [1.165, 1.54) is 6.07 Å². The molecule has 0 saturated heterocycles. The molecule has 0 aliphatic carbocycles. The maximum atomic E-state index is 12.9. The Balaban J connectivity index is 2.29. The van der Waals surface area contributed by atoms with Crippen LogP contribution in [0.3, 0.4) is 0 Å². The first kappa shape index (κ1) is 17.6. The van der Waals surface area contributed by atoms with Gasteiger partial charge < -0.3 is 14.2 Å². The zero-order valence-electron chi connectivity index (χ0n) is 13.5. The summed E-state index contributed by atoms with van der Waals surface area (Å²) in [5, 5.41) is 3.20. The predicted octanol–water partition coefficient (Wildman–Crippen LogP) is 4.13. The molecular formula is C16H21F3N2O2. The molecule has 0 unspecified atom stereocenters. The van der Waals surface area contributed by atoms with Crippen molar-refractivity contribution < 1.29 is 22.4 Å². The third kappa shape index (κ3) is 4.16. The van der Waals surface area contributed by atoms with E-state index in [0.717, 1.165) is 19.4 Å². The van der Waals surface area contributed by atoms with Gasteiger partial charge in [0.25, 0.3) is 0 Å². The quantitative estimate of drug-likeness (QED) is 0.716. The lowest BCUT2D eigenvalue weighted by Crippen LogP contribution is -2.15. The van der Waals surface area contributed by atoms with Gasteiger partial charge in [-0.05, 0) is 39.1 Å². The maximum Gasteiger partial charge on any atom is 0.437 e. The first-order chi connectivity index (χ1) is 10.8.